The Bertz CT molecular complexity index is 510. The van der Waals surface area contributed by atoms with Crippen LogP contribution in [-0.4, -0.2) is 43.1 Å². The number of likely N-dealkylation sites (N-methyl/N-ethyl adjacent to an activating group) is 1. The number of benzene rings is 1. The van der Waals surface area contributed by atoms with Crippen LogP contribution in [0, 0.1) is 15.9 Å². The Morgan fingerprint density at radius 2 is 2.30 bits per heavy atom. The van der Waals surface area contributed by atoms with Crippen LogP contribution < -0.4 is 10.1 Å². The standard InChI is InChI=1S/C13H18FN3O3/c1-16-5-3-4-9(8-16)15-11-7-13(20-2)12(17(18)19)6-10(11)14/h6-7,9,15H,3-5,8H2,1-2H3. The van der Waals surface area contributed by atoms with E-state index >= 15 is 0 Å². The molecule has 0 bridgehead atoms. The van der Waals surface area contributed by atoms with Gasteiger partial charge in [-0.2, -0.15) is 0 Å². The number of ether oxygens (including phenoxy) is 1. The second-order valence-electron chi connectivity index (χ2n) is 5.01. The van der Waals surface area contributed by atoms with Crippen molar-refractivity contribution in [3.8, 4) is 5.75 Å². The van der Waals surface area contributed by atoms with E-state index in [9.17, 15) is 14.5 Å². The monoisotopic (exact) mass is 283 g/mol. The second kappa shape index (κ2) is 6.04. The van der Waals surface area contributed by atoms with Gasteiger partial charge in [0.2, 0.25) is 0 Å². The Morgan fingerprint density at radius 1 is 1.55 bits per heavy atom. The largest absolute Gasteiger partial charge is 0.490 e. The van der Waals surface area contributed by atoms with Gasteiger partial charge in [0.05, 0.1) is 23.8 Å². The molecule has 0 amide bonds. The van der Waals surface area contributed by atoms with Gasteiger partial charge >= 0.3 is 5.69 Å². The highest BCUT2D eigenvalue weighted by Gasteiger charge is 2.22. The highest BCUT2D eigenvalue weighted by atomic mass is 19.1. The van der Waals surface area contributed by atoms with E-state index in [1.165, 1.54) is 13.2 Å². The molecule has 1 saturated heterocycles. The number of nitrogens with zero attached hydrogens (tertiary/aromatic N) is 2. The zero-order chi connectivity index (χ0) is 14.7. The number of piperidine rings is 1. The lowest BCUT2D eigenvalue weighted by Crippen LogP contribution is -2.39. The molecule has 1 aliphatic rings. The van der Waals surface area contributed by atoms with Gasteiger partial charge in [0.25, 0.3) is 0 Å². The van der Waals surface area contributed by atoms with Gasteiger partial charge in [-0.3, -0.25) is 10.1 Å². The van der Waals surface area contributed by atoms with E-state index in [2.05, 4.69) is 10.2 Å². The average molecular weight is 283 g/mol. The summed E-state index contributed by atoms with van der Waals surface area (Å²) >= 11 is 0. The van der Waals surface area contributed by atoms with Crippen LogP contribution in [0.1, 0.15) is 12.8 Å². The molecule has 0 spiro atoms. The van der Waals surface area contributed by atoms with Gasteiger partial charge in [-0.15, -0.1) is 0 Å². The van der Waals surface area contributed by atoms with Crippen LogP contribution in [0.3, 0.4) is 0 Å². The molecule has 1 aromatic rings. The summed E-state index contributed by atoms with van der Waals surface area (Å²) in [5, 5.41) is 13.9. The molecular weight excluding hydrogens is 265 g/mol. The van der Waals surface area contributed by atoms with Crippen molar-refractivity contribution in [3.63, 3.8) is 0 Å². The summed E-state index contributed by atoms with van der Waals surface area (Å²) in [7, 11) is 3.35. The van der Waals surface area contributed by atoms with E-state index < -0.39 is 10.7 Å². The first-order valence-corrected chi connectivity index (χ1v) is 6.48. The van der Waals surface area contributed by atoms with Gasteiger partial charge < -0.3 is 15.0 Å². The number of nitrogens with one attached hydrogen (secondary N) is 1. The maximum Gasteiger partial charge on any atom is 0.313 e. The molecule has 110 valence electrons. The third-order valence-corrected chi connectivity index (χ3v) is 3.45. The van der Waals surface area contributed by atoms with E-state index in [-0.39, 0.29) is 23.2 Å². The molecule has 0 aliphatic carbocycles. The van der Waals surface area contributed by atoms with Gasteiger partial charge in [-0.1, -0.05) is 0 Å². The van der Waals surface area contributed by atoms with Crippen molar-refractivity contribution in [3.05, 3.63) is 28.1 Å². The van der Waals surface area contributed by atoms with Gasteiger partial charge in [0.15, 0.2) is 11.6 Å². The van der Waals surface area contributed by atoms with Crippen molar-refractivity contribution in [1.29, 1.82) is 0 Å². The fourth-order valence-corrected chi connectivity index (χ4v) is 2.46. The maximum absolute atomic E-state index is 13.9. The van der Waals surface area contributed by atoms with Crippen molar-refractivity contribution < 1.29 is 14.1 Å². The normalized spacial score (nSPS) is 19.6. The Labute approximate surface area is 116 Å². The predicted octanol–water partition coefficient (Wildman–Crippen LogP) is 2.25. The zero-order valence-electron chi connectivity index (χ0n) is 11.6. The summed E-state index contributed by atoms with van der Waals surface area (Å²) in [6, 6.07) is 2.38. The van der Waals surface area contributed by atoms with Crippen LogP contribution in [0.2, 0.25) is 0 Å². The van der Waals surface area contributed by atoms with E-state index in [0.717, 1.165) is 32.0 Å². The fraction of sp³-hybridized carbons (Fsp3) is 0.538. The first-order chi connectivity index (χ1) is 9.51. The third kappa shape index (κ3) is 3.16. The van der Waals surface area contributed by atoms with E-state index in [1.54, 1.807) is 0 Å². The summed E-state index contributed by atoms with van der Waals surface area (Å²) in [5.41, 5.74) is -0.121. The van der Waals surface area contributed by atoms with Crippen molar-refractivity contribution in [2.45, 2.75) is 18.9 Å². The fourth-order valence-electron chi connectivity index (χ4n) is 2.46. The number of hydrogen-bond donors (Lipinski definition) is 1. The number of methoxy groups -OCH3 is 1. The molecule has 1 N–H and O–H groups in total. The van der Waals surface area contributed by atoms with E-state index in [1.807, 2.05) is 7.05 Å². The smallest absolute Gasteiger partial charge is 0.313 e. The molecule has 0 aromatic heterocycles. The molecule has 6 nitrogen and oxygen atoms in total. The minimum atomic E-state index is -0.653. The van der Waals surface area contributed by atoms with Crippen LogP contribution in [0.15, 0.2) is 12.1 Å². The molecule has 20 heavy (non-hydrogen) atoms. The molecule has 1 heterocycles. The molecule has 1 aliphatic heterocycles. The number of hydrogen-bond acceptors (Lipinski definition) is 5. The highest BCUT2D eigenvalue weighted by molar-refractivity contribution is 5.59. The topological polar surface area (TPSA) is 67.6 Å². The number of anilines is 1. The Kier molecular flexibility index (Phi) is 4.39. The minimum Gasteiger partial charge on any atom is -0.490 e. The van der Waals surface area contributed by atoms with Crippen molar-refractivity contribution in [2.24, 2.45) is 0 Å². The van der Waals surface area contributed by atoms with Crippen LogP contribution in [0.25, 0.3) is 0 Å². The van der Waals surface area contributed by atoms with Gasteiger partial charge in [0, 0.05) is 18.7 Å². The van der Waals surface area contributed by atoms with Crippen molar-refractivity contribution >= 4 is 11.4 Å². The zero-order valence-corrected chi connectivity index (χ0v) is 11.6. The number of nitro benzene ring substituents is 1. The average Bonchev–Trinajstić information content (AvgIpc) is 2.40. The first-order valence-electron chi connectivity index (χ1n) is 6.48. The molecule has 1 aromatic carbocycles. The lowest BCUT2D eigenvalue weighted by molar-refractivity contribution is -0.385. The molecule has 7 heteroatoms. The SMILES string of the molecule is COc1cc(NC2CCCN(C)C2)c(F)cc1[N+](=O)[O-]. The summed E-state index contributed by atoms with van der Waals surface area (Å²) in [5.74, 6) is -0.575. The van der Waals surface area contributed by atoms with Gasteiger partial charge in [0.1, 0.15) is 0 Å². The quantitative estimate of drug-likeness (QED) is 0.678. The van der Waals surface area contributed by atoms with E-state index in [0.29, 0.717) is 0 Å². The lowest BCUT2D eigenvalue weighted by Gasteiger charge is -2.31. The summed E-state index contributed by atoms with van der Waals surface area (Å²) < 4.78 is 18.9. The minimum absolute atomic E-state index is 0.0584. The van der Waals surface area contributed by atoms with Crippen LogP contribution in [0.5, 0.6) is 5.75 Å². The molecule has 2 rings (SSSR count). The van der Waals surface area contributed by atoms with Gasteiger partial charge in [-0.05, 0) is 26.4 Å². The number of likely N-dealkylation sites (tertiary alicyclic amines) is 1. The molecule has 1 atom stereocenters. The molecule has 0 radical (unpaired) electrons. The van der Waals surface area contributed by atoms with Crippen LogP contribution in [0.4, 0.5) is 15.8 Å². The lowest BCUT2D eigenvalue weighted by atomic mass is 10.1. The van der Waals surface area contributed by atoms with Crippen LogP contribution >= 0.6 is 0 Å². The molecular formula is C13H18FN3O3. The third-order valence-electron chi connectivity index (χ3n) is 3.45. The number of halogens is 1. The van der Waals surface area contributed by atoms with Gasteiger partial charge in [-0.25, -0.2) is 4.39 Å². The van der Waals surface area contributed by atoms with E-state index in [4.69, 9.17) is 4.74 Å². The Hall–Kier alpha value is -1.89. The highest BCUT2D eigenvalue weighted by Crippen LogP contribution is 2.33. The molecule has 1 fully saturated rings. The Balaban J connectivity index is 2.21. The van der Waals surface area contributed by atoms with Crippen molar-refractivity contribution in [1.82, 2.24) is 4.90 Å². The molecule has 0 saturated carbocycles. The van der Waals surface area contributed by atoms with Crippen molar-refractivity contribution in [2.75, 3.05) is 32.6 Å². The summed E-state index contributed by atoms with van der Waals surface area (Å²) in [6.07, 6.45) is 1.99. The summed E-state index contributed by atoms with van der Waals surface area (Å²) in [6.45, 7) is 1.85. The second-order valence-corrected chi connectivity index (χ2v) is 5.01. The van der Waals surface area contributed by atoms with Crippen LogP contribution in [-0.2, 0) is 0 Å². The molecule has 1 unspecified atom stereocenters. The predicted molar refractivity (Wildman–Crippen MR) is 73.7 cm³/mol. The first kappa shape index (κ1) is 14.5. The Morgan fingerprint density at radius 3 is 2.90 bits per heavy atom. The number of rotatable bonds is 4. The number of nitro groups is 1. The summed E-state index contributed by atoms with van der Waals surface area (Å²) in [4.78, 5) is 12.3. The maximum atomic E-state index is 13.9.